The number of carboxylic acid groups (broad SMARTS) is 4. The predicted octanol–water partition coefficient (Wildman–Crippen LogP) is -6.46. The number of quaternary nitrogens is 3. The van der Waals surface area contributed by atoms with Crippen molar-refractivity contribution in [3.8, 4) is 0 Å². The number of imidazole rings is 1. The minimum Gasteiger partial charge on any atom is -0.481 e. The lowest BCUT2D eigenvalue weighted by atomic mass is 10.0. The number of aliphatic hydroxyl groups is 1. The number of carboxylic acids is 4. The summed E-state index contributed by atoms with van der Waals surface area (Å²) >= 11 is 0. The van der Waals surface area contributed by atoms with Crippen molar-refractivity contribution in [1.29, 1.82) is 0 Å². The van der Waals surface area contributed by atoms with Crippen LogP contribution in [-0.2, 0) is 99.1 Å². The molecule has 26 N–H and O–H groups in total. The number of amides is 14. The van der Waals surface area contributed by atoms with Crippen LogP contribution in [0.5, 0.6) is 0 Å². The van der Waals surface area contributed by atoms with Crippen LogP contribution in [-0.4, -0.2) is 304 Å². The number of carbonyl (C=O) groups is 18. The first-order valence-electron chi connectivity index (χ1n) is 41.7. The molecule has 43 nitrogen and oxygen atoms in total. The van der Waals surface area contributed by atoms with Crippen LogP contribution >= 0.6 is 0 Å². The number of rotatable bonds is 49. The summed E-state index contributed by atoms with van der Waals surface area (Å²) in [6, 6.07) is -12.4. The fourth-order valence-electron chi connectivity index (χ4n) is 15.6. The second-order valence-electron chi connectivity index (χ2n) is 32.1. The highest BCUT2D eigenvalue weighted by atomic mass is 16.4. The quantitative estimate of drug-likeness (QED) is 0.0234. The number of aliphatic carboxylic acids is 4. The molecule has 3 aromatic rings. The molecule has 122 heavy (non-hydrogen) atoms. The predicted molar refractivity (Wildman–Crippen MR) is 429 cm³/mol. The Morgan fingerprint density at radius 2 is 0.951 bits per heavy atom. The molecule has 0 saturated carbocycles. The van der Waals surface area contributed by atoms with Gasteiger partial charge >= 0.3 is 23.9 Å². The Balaban J connectivity index is 1.07. The minimum absolute atomic E-state index is 0.0119. The molecule has 43 heteroatoms. The summed E-state index contributed by atoms with van der Waals surface area (Å²) in [5.41, 5.74) is 13.2. The van der Waals surface area contributed by atoms with Crippen molar-refractivity contribution in [2.45, 2.75) is 254 Å². The topological polar surface area (TPSA) is 669 Å². The second-order valence-corrected chi connectivity index (χ2v) is 32.1. The number of aromatic nitrogens is 3. The van der Waals surface area contributed by atoms with E-state index in [1.807, 2.05) is 0 Å². The Morgan fingerprint density at radius 1 is 0.484 bits per heavy atom. The van der Waals surface area contributed by atoms with Gasteiger partial charge in [0.2, 0.25) is 76.8 Å². The molecule has 0 spiro atoms. The van der Waals surface area contributed by atoms with E-state index in [0.717, 1.165) is 9.80 Å². The van der Waals surface area contributed by atoms with Gasteiger partial charge in [-0.1, -0.05) is 45.9 Å². The van der Waals surface area contributed by atoms with Gasteiger partial charge in [0.05, 0.1) is 45.4 Å². The Bertz CT molecular complexity index is 4200. The molecule has 7 rings (SSSR count). The third-order valence-corrected chi connectivity index (χ3v) is 22.1. The lowest BCUT2D eigenvalue weighted by molar-refractivity contribution is -0.407. The molecule has 14 atom stereocenters. The molecular weight excluding hydrogens is 1600 g/mol. The smallest absolute Gasteiger partial charge is 0.328 e. The number of nitrogens with zero attached hydrogens (tertiary/aromatic N) is 5. The normalized spacial score (nSPS) is 18.8. The van der Waals surface area contributed by atoms with Gasteiger partial charge in [0, 0.05) is 80.9 Å². The Kier molecular flexibility index (Phi) is 37.9. The molecule has 4 fully saturated rings. The number of para-hydroxylation sites is 1. The SMILES string of the molecule is CC(C)C[C@H](NC(=O)[C@H](CCCC[NH3+])NC(=O)[C@@H]1CCCN1C(=O)[C@H](CC(=O)O)NC(=O)[C@@H](NC(=O)[C@@H]1CCCN1C(=O)[C@@H]([NH3+])CCC(=O)O)C(C)C)C(=O)N[C@@H](CCC(=O)O)C(=O)N1CCC[C@H]1C(=O)N[C@@H](Cc1c[nH]c2ccccc12)C(=O)N[C@@H](CCCC[NH3+])C(=O)N[C@@H](Cc1cnc[nH]1)C(=O)N1CCC[C@H]1C(=O)NCC(=O)N[C@@H](CO)C(=O)O. The zero-order chi connectivity index (χ0) is 89.6. The number of fused-ring (bicyclic) bond motifs is 1. The molecule has 6 heterocycles. The van der Waals surface area contributed by atoms with Crippen molar-refractivity contribution in [1.82, 2.24) is 87.7 Å². The number of aliphatic hydroxyl groups excluding tert-OH is 1. The van der Waals surface area contributed by atoms with Crippen LogP contribution in [0.1, 0.15) is 167 Å². The Labute approximate surface area is 703 Å². The highest BCUT2D eigenvalue weighted by molar-refractivity contribution is 6.02. The maximum Gasteiger partial charge on any atom is 0.328 e. The number of aromatic amines is 2. The third-order valence-electron chi connectivity index (χ3n) is 22.1. The number of carbonyl (C=O) groups excluding carboxylic acids is 14. The zero-order valence-corrected chi connectivity index (χ0v) is 69.4. The molecule has 2 aromatic heterocycles. The van der Waals surface area contributed by atoms with E-state index < -0.39 is 229 Å². The minimum atomic E-state index is -1.79. The average molecular weight is 1720 g/mol. The van der Waals surface area contributed by atoms with E-state index in [1.54, 1.807) is 58.2 Å². The Hall–Kier alpha value is -11.7. The van der Waals surface area contributed by atoms with Crippen molar-refractivity contribution >= 4 is 117 Å². The number of hydrogen-bond acceptors (Lipinski definition) is 20. The van der Waals surface area contributed by atoms with E-state index in [-0.39, 0.29) is 116 Å². The molecule has 0 aliphatic carbocycles. The van der Waals surface area contributed by atoms with Gasteiger partial charge in [0.25, 0.3) is 5.91 Å². The molecule has 4 saturated heterocycles. The van der Waals surface area contributed by atoms with Gasteiger partial charge in [-0.15, -0.1) is 0 Å². The molecule has 1 aromatic carbocycles. The van der Waals surface area contributed by atoms with Gasteiger partial charge in [0.1, 0.15) is 78.5 Å². The first-order chi connectivity index (χ1) is 58.0. The molecule has 0 unspecified atom stereocenters. The summed E-state index contributed by atoms with van der Waals surface area (Å²) in [5, 5.41) is 74.7. The van der Waals surface area contributed by atoms with Crippen molar-refractivity contribution in [2.24, 2.45) is 11.8 Å². The van der Waals surface area contributed by atoms with Crippen LogP contribution in [0.4, 0.5) is 0 Å². The lowest BCUT2D eigenvalue weighted by Gasteiger charge is -2.32. The first kappa shape index (κ1) is 97.4. The van der Waals surface area contributed by atoms with E-state index in [1.165, 1.54) is 22.3 Å². The van der Waals surface area contributed by atoms with E-state index in [2.05, 4.69) is 85.3 Å². The summed E-state index contributed by atoms with van der Waals surface area (Å²) in [4.78, 5) is 264. The van der Waals surface area contributed by atoms with Crippen LogP contribution in [0.25, 0.3) is 10.9 Å². The van der Waals surface area contributed by atoms with Crippen molar-refractivity contribution in [3.05, 3.63) is 54.2 Å². The van der Waals surface area contributed by atoms with Crippen LogP contribution in [0, 0.1) is 11.8 Å². The number of hydrogen-bond donors (Lipinski definition) is 20. The highest BCUT2D eigenvalue weighted by Crippen LogP contribution is 2.27. The number of likely N-dealkylation sites (tertiary alicyclic amines) is 4. The third kappa shape index (κ3) is 28.2. The average Bonchev–Trinajstić information content (AvgIpc) is 0.993. The molecule has 4 aliphatic heterocycles. The maximum atomic E-state index is 15.2. The standard InChI is InChI=1S/C79H118N20O23/c1-42(2)33-52(91-66(108)50(18-8-10-28-81)89-71(113)58-20-14-32-99(58)78(120)55(36-64(106)107)94-74(116)65(43(3)4)95-73(115)60-22-12-29-96(60)75(117)47(82)23-25-62(102)103)68(110)90-51(24-26-63(104)105)76(118)98-31-13-21-59(98)72(114)92-53(34-44-37-84-48-16-6-5-15-46(44)48)69(111)88-49(17-7-9-27-80)67(109)93-54(35-45-38-83-41-86-45)77(119)97-30-11-19-57(97)70(112)85-39-61(101)87-56(40-100)79(121)122/h5-6,15-16,37-38,41-43,47,49-60,65,84,100H,7-14,17-36,39-40,80-82H2,1-4H3,(H,83,86)(H,85,112)(H,87,101)(H,88,111)(H,89,113)(H,90,110)(H,91,108)(H,92,114)(H,93,109)(H,94,116)(H,95,115)(H,102,103)(H,104,105)(H,106,107)(H,121,122)/p+3/t47-,49-,50-,51-,52-,53-,54-,55-,56-,57-,58-,59-,60-,65-/m0/s1. The van der Waals surface area contributed by atoms with Crippen molar-refractivity contribution in [2.75, 3.05) is 52.4 Å². The summed E-state index contributed by atoms with van der Waals surface area (Å²) in [5.74, 6) is -18.3. The molecule has 0 bridgehead atoms. The monoisotopic (exact) mass is 1720 g/mol. The molecule has 4 aliphatic rings. The van der Waals surface area contributed by atoms with E-state index in [0.29, 0.717) is 73.8 Å². The molecule has 672 valence electrons. The van der Waals surface area contributed by atoms with Crippen LogP contribution in [0.2, 0.25) is 0 Å². The summed E-state index contributed by atoms with van der Waals surface area (Å²) < 4.78 is 0. The Morgan fingerprint density at radius 3 is 1.47 bits per heavy atom. The largest absolute Gasteiger partial charge is 0.481 e. The lowest BCUT2D eigenvalue weighted by Crippen LogP contribution is -2.69. The molecular formula is C79H121N20O23+3. The van der Waals surface area contributed by atoms with Gasteiger partial charge in [-0.05, 0) is 126 Å². The number of nitrogens with one attached hydrogen (secondary N) is 12. The number of unbranched alkanes of at least 4 members (excludes halogenated alkanes) is 2. The second kappa shape index (κ2) is 47.5. The fourth-order valence-corrected chi connectivity index (χ4v) is 15.6. The van der Waals surface area contributed by atoms with Crippen LogP contribution in [0.3, 0.4) is 0 Å². The van der Waals surface area contributed by atoms with E-state index in [9.17, 15) is 92.3 Å². The van der Waals surface area contributed by atoms with Crippen molar-refractivity contribution in [3.63, 3.8) is 0 Å². The number of benzene rings is 1. The van der Waals surface area contributed by atoms with E-state index >= 15 is 14.4 Å². The van der Waals surface area contributed by atoms with Crippen molar-refractivity contribution < 1.29 is 129 Å². The first-order valence-corrected chi connectivity index (χ1v) is 41.7. The van der Waals surface area contributed by atoms with Crippen LogP contribution in [0.15, 0.2) is 43.0 Å². The van der Waals surface area contributed by atoms with Gasteiger partial charge < -0.3 is 125 Å². The maximum absolute atomic E-state index is 15.2. The molecule has 0 radical (unpaired) electrons. The molecule has 14 amide bonds. The zero-order valence-electron chi connectivity index (χ0n) is 69.4. The van der Waals surface area contributed by atoms with Gasteiger partial charge in [-0.2, -0.15) is 0 Å². The summed E-state index contributed by atoms with van der Waals surface area (Å²) in [6.45, 7) is 5.88. The summed E-state index contributed by atoms with van der Waals surface area (Å²) in [6.07, 6.45) is 4.44. The van der Waals surface area contributed by atoms with E-state index in [4.69, 9.17) is 5.11 Å². The highest BCUT2D eigenvalue weighted by Gasteiger charge is 2.46. The van der Waals surface area contributed by atoms with Gasteiger partial charge in [-0.25, -0.2) is 9.78 Å². The fraction of sp³-hybridized carbons (Fsp3) is 0.633. The number of H-pyrrole nitrogens is 2. The van der Waals surface area contributed by atoms with Gasteiger partial charge in [-0.3, -0.25) is 81.5 Å². The van der Waals surface area contributed by atoms with Crippen LogP contribution < -0.4 is 70.4 Å². The van der Waals surface area contributed by atoms with Gasteiger partial charge in [0.15, 0.2) is 6.04 Å². The summed E-state index contributed by atoms with van der Waals surface area (Å²) in [7, 11) is 0.